The van der Waals surface area contributed by atoms with Crippen LogP contribution in [0.3, 0.4) is 0 Å². The standard InChI is InChI=1S/C18H26N2O4/c1-18(2,3)20(17(23)24)15(11-13-7-5-4-6-8-13)16(22)19-10-9-14(21)12-19/h4-8,14-15,21H,9-12H2,1-3H3,(H,23,24)/t14?,15-/m0/s1. The van der Waals surface area contributed by atoms with E-state index >= 15 is 0 Å². The van der Waals surface area contributed by atoms with Crippen LogP contribution in [0.25, 0.3) is 0 Å². The average molecular weight is 334 g/mol. The molecule has 0 saturated carbocycles. The maximum Gasteiger partial charge on any atom is 0.408 e. The van der Waals surface area contributed by atoms with Crippen molar-refractivity contribution in [1.29, 1.82) is 0 Å². The average Bonchev–Trinajstić information content (AvgIpc) is 2.91. The SMILES string of the molecule is CC(C)(C)N(C(=O)O)[C@@H](Cc1ccccc1)C(=O)N1CCC(O)C1. The number of carboxylic acid groups (broad SMARTS) is 1. The Bertz CT molecular complexity index is 582. The molecule has 0 radical (unpaired) electrons. The Kier molecular flexibility index (Phi) is 5.49. The maximum absolute atomic E-state index is 13.0. The Morgan fingerprint density at radius 1 is 1.29 bits per heavy atom. The lowest BCUT2D eigenvalue weighted by atomic mass is 9.97. The van der Waals surface area contributed by atoms with Gasteiger partial charge in [-0.25, -0.2) is 4.79 Å². The van der Waals surface area contributed by atoms with E-state index in [0.717, 1.165) is 5.56 Å². The Labute approximate surface area is 142 Å². The lowest BCUT2D eigenvalue weighted by molar-refractivity contribution is -0.137. The molecule has 6 heteroatoms. The van der Waals surface area contributed by atoms with Crippen LogP contribution in [0.2, 0.25) is 0 Å². The lowest BCUT2D eigenvalue weighted by Gasteiger charge is -2.40. The van der Waals surface area contributed by atoms with Gasteiger partial charge in [-0.15, -0.1) is 0 Å². The van der Waals surface area contributed by atoms with Crippen molar-refractivity contribution in [2.45, 2.75) is 51.3 Å². The Morgan fingerprint density at radius 2 is 1.92 bits per heavy atom. The highest BCUT2D eigenvalue weighted by Gasteiger charge is 2.40. The van der Waals surface area contributed by atoms with Gasteiger partial charge in [-0.05, 0) is 32.8 Å². The molecule has 2 N–H and O–H groups in total. The van der Waals surface area contributed by atoms with Crippen LogP contribution in [0, 0.1) is 0 Å². The first-order valence-electron chi connectivity index (χ1n) is 8.23. The molecule has 2 amide bonds. The predicted molar refractivity (Wildman–Crippen MR) is 90.8 cm³/mol. The Morgan fingerprint density at radius 3 is 2.38 bits per heavy atom. The molecule has 1 heterocycles. The van der Waals surface area contributed by atoms with Crippen LogP contribution in [0.15, 0.2) is 30.3 Å². The van der Waals surface area contributed by atoms with Gasteiger partial charge < -0.3 is 15.1 Å². The zero-order valence-electron chi connectivity index (χ0n) is 14.5. The minimum absolute atomic E-state index is 0.243. The number of nitrogens with zero attached hydrogens (tertiary/aromatic N) is 2. The quantitative estimate of drug-likeness (QED) is 0.882. The second-order valence-corrected chi connectivity index (χ2v) is 7.26. The summed E-state index contributed by atoms with van der Waals surface area (Å²) in [4.78, 5) is 27.7. The van der Waals surface area contributed by atoms with Crippen molar-refractivity contribution in [2.24, 2.45) is 0 Å². The van der Waals surface area contributed by atoms with Crippen LogP contribution in [0.1, 0.15) is 32.8 Å². The number of hydrogen-bond donors (Lipinski definition) is 2. The van der Waals surface area contributed by atoms with E-state index in [4.69, 9.17) is 0 Å². The first kappa shape index (κ1) is 18.3. The summed E-state index contributed by atoms with van der Waals surface area (Å²) in [6.45, 7) is 6.08. The smallest absolute Gasteiger partial charge is 0.408 e. The van der Waals surface area contributed by atoms with Crippen LogP contribution in [0.5, 0.6) is 0 Å². The molecule has 1 aromatic rings. The van der Waals surface area contributed by atoms with Gasteiger partial charge >= 0.3 is 6.09 Å². The predicted octanol–water partition coefficient (Wildman–Crippen LogP) is 1.97. The summed E-state index contributed by atoms with van der Waals surface area (Å²) in [6.07, 6.45) is -0.793. The van der Waals surface area contributed by atoms with E-state index in [1.807, 2.05) is 30.3 Å². The van der Waals surface area contributed by atoms with E-state index in [0.29, 0.717) is 19.4 Å². The molecule has 0 bridgehead atoms. The third-order valence-electron chi connectivity index (χ3n) is 4.27. The monoisotopic (exact) mass is 334 g/mol. The summed E-state index contributed by atoms with van der Waals surface area (Å²) >= 11 is 0. The van der Waals surface area contributed by atoms with Crippen molar-refractivity contribution in [3.8, 4) is 0 Å². The highest BCUT2D eigenvalue weighted by atomic mass is 16.4. The summed E-state index contributed by atoms with van der Waals surface area (Å²) in [5, 5.41) is 19.4. The number of likely N-dealkylation sites (tertiary alicyclic amines) is 1. The number of carbonyl (C=O) groups is 2. The number of β-amino-alcohol motifs (C(OH)–C–C–N with tert-alkyl or cyclic N) is 1. The van der Waals surface area contributed by atoms with Crippen LogP contribution >= 0.6 is 0 Å². The molecule has 0 aliphatic carbocycles. The van der Waals surface area contributed by atoms with Gasteiger partial charge in [-0.1, -0.05) is 30.3 Å². The van der Waals surface area contributed by atoms with Gasteiger partial charge in [0.15, 0.2) is 0 Å². The third-order valence-corrected chi connectivity index (χ3v) is 4.27. The summed E-state index contributed by atoms with van der Waals surface area (Å²) in [5.74, 6) is -0.243. The molecular weight excluding hydrogens is 308 g/mol. The van der Waals surface area contributed by atoms with E-state index in [1.54, 1.807) is 25.7 Å². The van der Waals surface area contributed by atoms with Gasteiger partial charge in [0, 0.05) is 25.0 Å². The molecule has 0 aromatic heterocycles. The van der Waals surface area contributed by atoms with Gasteiger partial charge in [-0.3, -0.25) is 9.69 Å². The van der Waals surface area contributed by atoms with Crippen LogP contribution in [-0.4, -0.2) is 62.8 Å². The van der Waals surface area contributed by atoms with Crippen molar-refractivity contribution >= 4 is 12.0 Å². The number of benzene rings is 1. The summed E-state index contributed by atoms with van der Waals surface area (Å²) in [7, 11) is 0. The van der Waals surface area contributed by atoms with Crippen molar-refractivity contribution < 1.29 is 19.8 Å². The molecule has 2 rings (SSSR count). The fourth-order valence-corrected chi connectivity index (χ4v) is 3.17. The second kappa shape index (κ2) is 7.21. The molecule has 1 fully saturated rings. The highest BCUT2D eigenvalue weighted by molar-refractivity contribution is 5.86. The van der Waals surface area contributed by atoms with Gasteiger partial charge in [0.05, 0.1) is 6.10 Å². The van der Waals surface area contributed by atoms with Crippen molar-refractivity contribution in [2.75, 3.05) is 13.1 Å². The number of aliphatic hydroxyl groups is 1. The van der Waals surface area contributed by atoms with Crippen LogP contribution in [0.4, 0.5) is 4.79 Å². The largest absolute Gasteiger partial charge is 0.465 e. The summed E-state index contributed by atoms with van der Waals surface area (Å²) in [6, 6.07) is 8.60. The molecule has 1 aliphatic rings. The van der Waals surface area contributed by atoms with Crippen LogP contribution < -0.4 is 0 Å². The van der Waals surface area contributed by atoms with Crippen molar-refractivity contribution in [1.82, 2.24) is 9.80 Å². The lowest BCUT2D eigenvalue weighted by Crippen LogP contribution is -2.58. The summed E-state index contributed by atoms with van der Waals surface area (Å²) in [5.41, 5.74) is 0.199. The van der Waals surface area contributed by atoms with Gasteiger partial charge in [-0.2, -0.15) is 0 Å². The van der Waals surface area contributed by atoms with E-state index < -0.39 is 23.8 Å². The van der Waals surface area contributed by atoms with E-state index in [2.05, 4.69) is 0 Å². The van der Waals surface area contributed by atoms with Gasteiger partial charge in [0.1, 0.15) is 6.04 Å². The summed E-state index contributed by atoms with van der Waals surface area (Å²) < 4.78 is 0. The normalized spacial score (nSPS) is 19.2. The molecule has 0 spiro atoms. The number of amides is 2. The number of rotatable bonds is 4. The Balaban J connectivity index is 2.32. The Hall–Kier alpha value is -2.08. The van der Waals surface area contributed by atoms with Crippen LogP contribution in [-0.2, 0) is 11.2 Å². The van der Waals surface area contributed by atoms with Crippen molar-refractivity contribution in [3.05, 3.63) is 35.9 Å². The van der Waals surface area contributed by atoms with E-state index in [-0.39, 0.29) is 12.5 Å². The molecular formula is C18H26N2O4. The van der Waals surface area contributed by atoms with E-state index in [1.165, 1.54) is 4.90 Å². The fraction of sp³-hybridized carbons (Fsp3) is 0.556. The molecule has 1 saturated heterocycles. The molecule has 24 heavy (non-hydrogen) atoms. The zero-order valence-corrected chi connectivity index (χ0v) is 14.5. The zero-order chi connectivity index (χ0) is 17.9. The molecule has 6 nitrogen and oxygen atoms in total. The van der Waals surface area contributed by atoms with Crippen molar-refractivity contribution in [3.63, 3.8) is 0 Å². The molecule has 1 aliphatic heterocycles. The first-order chi connectivity index (χ1) is 11.2. The molecule has 1 unspecified atom stereocenters. The minimum Gasteiger partial charge on any atom is -0.465 e. The number of hydrogen-bond acceptors (Lipinski definition) is 3. The number of carbonyl (C=O) groups excluding carboxylic acids is 1. The second-order valence-electron chi connectivity index (χ2n) is 7.26. The highest BCUT2D eigenvalue weighted by Crippen LogP contribution is 2.23. The van der Waals surface area contributed by atoms with Gasteiger partial charge in [0.25, 0.3) is 0 Å². The third kappa shape index (κ3) is 4.26. The molecule has 132 valence electrons. The topological polar surface area (TPSA) is 81.1 Å². The van der Waals surface area contributed by atoms with E-state index in [9.17, 15) is 19.8 Å². The molecule has 1 aromatic carbocycles. The fourth-order valence-electron chi connectivity index (χ4n) is 3.17. The first-order valence-corrected chi connectivity index (χ1v) is 8.23. The molecule has 2 atom stereocenters. The van der Waals surface area contributed by atoms with Gasteiger partial charge in [0.2, 0.25) is 5.91 Å². The maximum atomic E-state index is 13.0. The number of aliphatic hydroxyl groups excluding tert-OH is 1. The minimum atomic E-state index is -1.11.